The Balaban J connectivity index is 2.23. The van der Waals surface area contributed by atoms with Gasteiger partial charge in [0.15, 0.2) is 0 Å². The van der Waals surface area contributed by atoms with E-state index < -0.39 is 11.6 Å². The highest BCUT2D eigenvalue weighted by molar-refractivity contribution is 5.64. The van der Waals surface area contributed by atoms with Crippen LogP contribution in [0.5, 0.6) is 0 Å². The first-order valence-corrected chi connectivity index (χ1v) is 6.55. The van der Waals surface area contributed by atoms with Gasteiger partial charge in [0, 0.05) is 18.2 Å². The monoisotopic (exact) mass is 279 g/mol. The van der Waals surface area contributed by atoms with Crippen LogP contribution < -0.4 is 5.32 Å². The molecule has 0 heterocycles. The van der Waals surface area contributed by atoms with Gasteiger partial charge >= 0.3 is 0 Å². The Hall–Kier alpha value is -1.81. The molecule has 0 unspecified atom stereocenters. The van der Waals surface area contributed by atoms with Crippen LogP contribution in [-0.4, -0.2) is 6.54 Å². The average molecular weight is 279 g/mol. The number of halogens is 3. The summed E-state index contributed by atoms with van der Waals surface area (Å²) in [5.74, 6) is -1.72. The number of hydrogen-bond acceptors (Lipinski definition) is 1. The van der Waals surface area contributed by atoms with E-state index in [2.05, 4.69) is 5.32 Å². The summed E-state index contributed by atoms with van der Waals surface area (Å²) in [7, 11) is 0. The molecule has 0 aliphatic carbocycles. The molecule has 0 aliphatic rings. The molecule has 1 N–H and O–H groups in total. The summed E-state index contributed by atoms with van der Waals surface area (Å²) in [6.07, 6.45) is 0.974. The van der Waals surface area contributed by atoms with Crippen LogP contribution in [0.2, 0.25) is 0 Å². The first-order chi connectivity index (χ1) is 9.60. The van der Waals surface area contributed by atoms with E-state index in [1.54, 1.807) is 12.1 Å². The summed E-state index contributed by atoms with van der Waals surface area (Å²) >= 11 is 0. The van der Waals surface area contributed by atoms with Gasteiger partial charge in [-0.3, -0.25) is 0 Å². The number of rotatable bonds is 5. The van der Waals surface area contributed by atoms with Crippen molar-refractivity contribution in [1.82, 2.24) is 5.32 Å². The van der Waals surface area contributed by atoms with Gasteiger partial charge in [0.25, 0.3) is 0 Å². The second-order valence-corrected chi connectivity index (χ2v) is 4.64. The molecule has 2 aromatic carbocycles. The van der Waals surface area contributed by atoms with Crippen LogP contribution in [0.3, 0.4) is 0 Å². The lowest BCUT2D eigenvalue weighted by Gasteiger charge is -2.08. The van der Waals surface area contributed by atoms with Gasteiger partial charge in [0.05, 0.1) is 0 Å². The zero-order valence-electron chi connectivity index (χ0n) is 11.2. The average Bonchev–Trinajstić information content (AvgIpc) is 2.39. The minimum Gasteiger partial charge on any atom is -0.313 e. The lowest BCUT2D eigenvalue weighted by atomic mass is 10.0. The predicted molar refractivity (Wildman–Crippen MR) is 73.7 cm³/mol. The third-order valence-electron chi connectivity index (χ3n) is 2.99. The fourth-order valence-corrected chi connectivity index (χ4v) is 1.99. The summed E-state index contributed by atoms with van der Waals surface area (Å²) in [6.45, 7) is 3.29. The molecule has 0 aliphatic heterocycles. The Morgan fingerprint density at radius 3 is 2.20 bits per heavy atom. The highest BCUT2D eigenvalue weighted by Gasteiger charge is 2.07. The Kier molecular flexibility index (Phi) is 4.79. The smallest absolute Gasteiger partial charge is 0.128 e. The summed E-state index contributed by atoms with van der Waals surface area (Å²) in [6, 6.07) is 7.77. The molecular formula is C16H16F3N. The molecule has 2 rings (SSSR count). The lowest BCUT2D eigenvalue weighted by Crippen LogP contribution is -2.14. The van der Waals surface area contributed by atoms with Crippen molar-refractivity contribution in [3.8, 4) is 11.1 Å². The molecule has 2 aromatic rings. The van der Waals surface area contributed by atoms with Gasteiger partial charge in [0.2, 0.25) is 0 Å². The van der Waals surface area contributed by atoms with Crippen LogP contribution in [-0.2, 0) is 6.54 Å². The second-order valence-electron chi connectivity index (χ2n) is 4.64. The third-order valence-corrected chi connectivity index (χ3v) is 2.99. The van der Waals surface area contributed by atoms with Gasteiger partial charge in [-0.1, -0.05) is 19.1 Å². The van der Waals surface area contributed by atoms with Crippen LogP contribution in [0.15, 0.2) is 36.4 Å². The molecule has 1 nitrogen and oxygen atoms in total. The van der Waals surface area contributed by atoms with Crippen molar-refractivity contribution < 1.29 is 13.2 Å². The van der Waals surface area contributed by atoms with Gasteiger partial charge in [-0.15, -0.1) is 0 Å². The fraction of sp³-hybridized carbons (Fsp3) is 0.250. The van der Waals surface area contributed by atoms with Crippen molar-refractivity contribution >= 4 is 0 Å². The first-order valence-electron chi connectivity index (χ1n) is 6.55. The largest absolute Gasteiger partial charge is 0.313 e. The Morgan fingerprint density at radius 2 is 1.60 bits per heavy atom. The van der Waals surface area contributed by atoms with Crippen LogP contribution in [0, 0.1) is 17.5 Å². The van der Waals surface area contributed by atoms with Gasteiger partial charge < -0.3 is 5.32 Å². The molecule has 0 aromatic heterocycles. The van der Waals surface area contributed by atoms with Crippen LogP contribution in [0.25, 0.3) is 11.1 Å². The molecule has 0 spiro atoms. The van der Waals surface area contributed by atoms with E-state index in [9.17, 15) is 13.2 Å². The molecule has 0 bridgehead atoms. The van der Waals surface area contributed by atoms with E-state index in [-0.39, 0.29) is 5.82 Å². The van der Waals surface area contributed by atoms with Gasteiger partial charge in [-0.2, -0.15) is 0 Å². The van der Waals surface area contributed by atoms with E-state index in [1.807, 2.05) is 6.92 Å². The second kappa shape index (κ2) is 6.57. The summed E-state index contributed by atoms with van der Waals surface area (Å²) in [5, 5.41) is 3.11. The molecular weight excluding hydrogens is 263 g/mol. The number of benzene rings is 2. The van der Waals surface area contributed by atoms with Crippen molar-refractivity contribution in [2.75, 3.05) is 6.54 Å². The van der Waals surface area contributed by atoms with Gasteiger partial charge in [0.1, 0.15) is 17.5 Å². The van der Waals surface area contributed by atoms with Gasteiger partial charge in [-0.25, -0.2) is 13.2 Å². The standard InChI is InChI=1S/C16H16F3N/c1-2-5-20-10-12-4-3-11(8-16(12)19)13-6-14(17)9-15(18)7-13/h3-4,6-9,20H,2,5,10H2,1H3. The molecule has 0 fully saturated rings. The molecule has 0 radical (unpaired) electrons. The quantitative estimate of drug-likeness (QED) is 0.806. The highest BCUT2D eigenvalue weighted by atomic mass is 19.1. The lowest BCUT2D eigenvalue weighted by molar-refractivity contribution is 0.582. The van der Waals surface area contributed by atoms with E-state index in [4.69, 9.17) is 0 Å². The number of nitrogens with one attached hydrogen (secondary N) is 1. The SMILES string of the molecule is CCCNCc1ccc(-c2cc(F)cc(F)c2)cc1F. The van der Waals surface area contributed by atoms with Crippen molar-refractivity contribution in [2.45, 2.75) is 19.9 Å². The molecule has 4 heteroatoms. The fourth-order valence-electron chi connectivity index (χ4n) is 1.99. The first kappa shape index (κ1) is 14.6. The molecule has 0 atom stereocenters. The number of hydrogen-bond donors (Lipinski definition) is 1. The molecule has 106 valence electrons. The predicted octanol–water partition coefficient (Wildman–Crippen LogP) is 4.27. The van der Waals surface area contributed by atoms with Crippen molar-refractivity contribution in [2.24, 2.45) is 0 Å². The van der Waals surface area contributed by atoms with Crippen LogP contribution in [0.4, 0.5) is 13.2 Å². The van der Waals surface area contributed by atoms with Crippen LogP contribution in [0.1, 0.15) is 18.9 Å². The zero-order valence-corrected chi connectivity index (χ0v) is 11.2. The normalized spacial score (nSPS) is 10.8. The molecule has 0 saturated carbocycles. The Bertz CT molecular complexity index is 576. The Labute approximate surface area is 116 Å². The molecule has 0 amide bonds. The van der Waals surface area contributed by atoms with Crippen molar-refractivity contribution in [3.05, 3.63) is 59.4 Å². The zero-order chi connectivity index (χ0) is 14.5. The van der Waals surface area contributed by atoms with Crippen molar-refractivity contribution in [1.29, 1.82) is 0 Å². The van der Waals surface area contributed by atoms with E-state index in [0.717, 1.165) is 19.0 Å². The van der Waals surface area contributed by atoms with E-state index in [1.165, 1.54) is 18.2 Å². The van der Waals surface area contributed by atoms with Gasteiger partial charge in [-0.05, 0) is 42.3 Å². The maximum absolute atomic E-state index is 13.9. The minimum absolute atomic E-state index is 0.328. The minimum atomic E-state index is -0.672. The molecule has 20 heavy (non-hydrogen) atoms. The summed E-state index contributed by atoms with van der Waals surface area (Å²) < 4.78 is 40.2. The summed E-state index contributed by atoms with van der Waals surface area (Å²) in [4.78, 5) is 0. The van der Waals surface area contributed by atoms with E-state index >= 15 is 0 Å². The summed E-state index contributed by atoms with van der Waals surface area (Å²) in [5.41, 5.74) is 1.33. The maximum Gasteiger partial charge on any atom is 0.128 e. The van der Waals surface area contributed by atoms with E-state index in [0.29, 0.717) is 23.2 Å². The third kappa shape index (κ3) is 3.61. The topological polar surface area (TPSA) is 12.0 Å². The van der Waals surface area contributed by atoms with Crippen LogP contribution >= 0.6 is 0 Å². The highest BCUT2D eigenvalue weighted by Crippen LogP contribution is 2.23. The maximum atomic E-state index is 13.9. The molecule has 0 saturated heterocycles. The Morgan fingerprint density at radius 1 is 0.900 bits per heavy atom. The van der Waals surface area contributed by atoms with Crippen molar-refractivity contribution in [3.63, 3.8) is 0 Å².